The highest BCUT2D eigenvalue weighted by atomic mass is 19.3. The molecule has 156 valence electrons. The lowest BCUT2D eigenvalue weighted by Crippen LogP contribution is -2.39. The standard InChI is InChI=1S/C18H20FN3O7/c19-29-14-13(24)12(8-23)28-17(14)22-7-10(16(26)21-18(22)27)6-11(15(20)25)9-4-2-1-3-5-9/h1-5,7,11-14,17,23-24H,6,8H2,(H2,20,25)(H,21,26,27)/t11?,12-,13?,14?,17-/m0/s1. The van der Waals surface area contributed by atoms with Gasteiger partial charge in [0.05, 0.1) is 12.5 Å². The monoisotopic (exact) mass is 409 g/mol. The first-order chi connectivity index (χ1) is 13.9. The van der Waals surface area contributed by atoms with Gasteiger partial charge >= 0.3 is 5.69 Å². The Hall–Kier alpha value is -2.86. The number of nitrogens with two attached hydrogens (primary N) is 1. The van der Waals surface area contributed by atoms with Crippen molar-refractivity contribution in [2.45, 2.75) is 36.9 Å². The van der Waals surface area contributed by atoms with Crippen LogP contribution in [-0.4, -0.2) is 50.6 Å². The molecule has 2 aromatic rings. The lowest BCUT2D eigenvalue weighted by atomic mass is 9.92. The largest absolute Gasteiger partial charge is 0.394 e. The number of amides is 1. The highest BCUT2D eigenvalue weighted by Crippen LogP contribution is 2.31. The number of aliphatic hydroxyl groups is 2. The molecule has 11 heteroatoms. The summed E-state index contributed by atoms with van der Waals surface area (Å²) in [5.74, 6) is -1.53. The molecule has 1 aliphatic rings. The quantitative estimate of drug-likeness (QED) is 0.451. The van der Waals surface area contributed by atoms with Crippen LogP contribution in [0, 0.1) is 0 Å². The SMILES string of the molecule is NC(=O)C(Cc1cn([C@H]2O[C@@H](CO)C(O)C2OF)c(=O)[nH]c1=O)c1ccccc1. The smallest absolute Gasteiger partial charge is 0.330 e. The Morgan fingerprint density at radius 3 is 2.62 bits per heavy atom. The third kappa shape index (κ3) is 4.12. The third-order valence-corrected chi connectivity index (χ3v) is 4.88. The van der Waals surface area contributed by atoms with Crippen LogP contribution < -0.4 is 17.0 Å². The molecule has 1 amide bonds. The number of carbonyl (C=O) groups is 1. The molecule has 29 heavy (non-hydrogen) atoms. The van der Waals surface area contributed by atoms with Gasteiger partial charge in [-0.25, -0.2) is 4.79 Å². The lowest BCUT2D eigenvalue weighted by molar-refractivity contribution is -0.221. The summed E-state index contributed by atoms with van der Waals surface area (Å²) in [4.78, 5) is 42.2. The van der Waals surface area contributed by atoms with Crippen LogP contribution in [0.2, 0.25) is 0 Å². The molecule has 5 N–H and O–H groups in total. The van der Waals surface area contributed by atoms with E-state index in [1.807, 2.05) is 0 Å². The first-order valence-corrected chi connectivity index (χ1v) is 8.77. The summed E-state index contributed by atoms with van der Waals surface area (Å²) in [6.45, 7) is -0.639. The Morgan fingerprint density at radius 1 is 1.34 bits per heavy atom. The van der Waals surface area contributed by atoms with Gasteiger partial charge in [-0.2, -0.15) is 4.94 Å². The van der Waals surface area contributed by atoms with E-state index in [1.54, 1.807) is 30.3 Å². The van der Waals surface area contributed by atoms with E-state index in [0.717, 1.165) is 10.8 Å². The number of aromatic nitrogens is 2. The number of ether oxygens (including phenoxy) is 1. The van der Waals surface area contributed by atoms with Gasteiger partial charge in [-0.15, -0.1) is 0 Å². The molecule has 1 fully saturated rings. The van der Waals surface area contributed by atoms with E-state index in [0.29, 0.717) is 5.56 Å². The summed E-state index contributed by atoms with van der Waals surface area (Å²) >= 11 is 0. The summed E-state index contributed by atoms with van der Waals surface area (Å²) in [6.07, 6.45) is -4.81. The van der Waals surface area contributed by atoms with Crippen LogP contribution in [0.1, 0.15) is 23.3 Å². The molecule has 0 bridgehead atoms. The molecule has 5 atom stereocenters. The van der Waals surface area contributed by atoms with Crippen molar-refractivity contribution in [2.75, 3.05) is 6.61 Å². The number of hydrogen-bond donors (Lipinski definition) is 4. The number of benzene rings is 1. The van der Waals surface area contributed by atoms with Crippen molar-refractivity contribution in [1.82, 2.24) is 9.55 Å². The molecule has 1 aliphatic heterocycles. The number of primary amides is 1. The van der Waals surface area contributed by atoms with E-state index in [-0.39, 0.29) is 12.0 Å². The fraction of sp³-hybridized carbons (Fsp3) is 0.389. The molecule has 3 unspecified atom stereocenters. The lowest BCUT2D eigenvalue weighted by Gasteiger charge is -2.19. The van der Waals surface area contributed by atoms with E-state index in [4.69, 9.17) is 10.5 Å². The van der Waals surface area contributed by atoms with Crippen LogP contribution >= 0.6 is 0 Å². The summed E-state index contributed by atoms with van der Waals surface area (Å²) in [5.41, 5.74) is 4.39. The van der Waals surface area contributed by atoms with Gasteiger partial charge in [0.2, 0.25) is 5.91 Å². The molecule has 3 rings (SSSR count). The van der Waals surface area contributed by atoms with Gasteiger partial charge in [-0.1, -0.05) is 30.3 Å². The molecular weight excluding hydrogens is 389 g/mol. The second kappa shape index (κ2) is 8.66. The molecule has 0 aliphatic carbocycles. The highest BCUT2D eigenvalue weighted by molar-refractivity contribution is 5.82. The summed E-state index contributed by atoms with van der Waals surface area (Å²) in [6, 6.07) is 8.53. The van der Waals surface area contributed by atoms with Crippen LogP contribution in [0.5, 0.6) is 0 Å². The van der Waals surface area contributed by atoms with Gasteiger partial charge in [0.15, 0.2) is 12.3 Å². The molecule has 0 spiro atoms. The maximum atomic E-state index is 13.0. The topological polar surface area (TPSA) is 157 Å². The predicted octanol–water partition coefficient (Wildman–Crippen LogP) is -1.13. The second-order valence-electron chi connectivity index (χ2n) is 6.68. The molecule has 0 radical (unpaired) electrons. The molecule has 1 saturated heterocycles. The zero-order valence-electron chi connectivity index (χ0n) is 15.1. The number of nitrogens with zero attached hydrogens (tertiary/aromatic N) is 1. The Morgan fingerprint density at radius 2 is 2.03 bits per heavy atom. The first-order valence-electron chi connectivity index (χ1n) is 8.77. The Kier molecular flexibility index (Phi) is 6.23. The maximum Gasteiger partial charge on any atom is 0.330 e. The molecule has 2 heterocycles. The minimum absolute atomic E-state index is 0.0143. The number of H-pyrrole nitrogens is 1. The van der Waals surface area contributed by atoms with Gasteiger partial charge in [-0.05, 0) is 16.5 Å². The van der Waals surface area contributed by atoms with E-state index >= 15 is 0 Å². The zero-order valence-corrected chi connectivity index (χ0v) is 15.1. The van der Waals surface area contributed by atoms with Gasteiger partial charge in [-0.3, -0.25) is 19.1 Å². The molecule has 1 aromatic carbocycles. The summed E-state index contributed by atoms with van der Waals surface area (Å²) in [5, 5.41) is 19.2. The minimum Gasteiger partial charge on any atom is -0.394 e. The molecular formula is C18H20FN3O7. The van der Waals surface area contributed by atoms with Gasteiger partial charge < -0.3 is 20.7 Å². The maximum absolute atomic E-state index is 13.0. The van der Waals surface area contributed by atoms with Crippen molar-refractivity contribution in [3.05, 3.63) is 68.5 Å². The van der Waals surface area contributed by atoms with Gasteiger partial charge in [0, 0.05) is 11.8 Å². The normalized spacial score (nSPS) is 25.1. The number of halogens is 1. The van der Waals surface area contributed by atoms with Gasteiger partial charge in [0.25, 0.3) is 5.56 Å². The van der Waals surface area contributed by atoms with Crippen LogP contribution in [0.4, 0.5) is 4.53 Å². The number of nitrogens with one attached hydrogen (secondary N) is 1. The van der Waals surface area contributed by atoms with Crippen molar-refractivity contribution in [3.63, 3.8) is 0 Å². The number of carbonyl (C=O) groups excluding carboxylic acids is 1. The number of aromatic amines is 1. The van der Waals surface area contributed by atoms with Crippen molar-refractivity contribution in [3.8, 4) is 0 Å². The van der Waals surface area contributed by atoms with Crippen LogP contribution in [0.25, 0.3) is 0 Å². The van der Waals surface area contributed by atoms with Crippen molar-refractivity contribution in [2.24, 2.45) is 5.73 Å². The van der Waals surface area contributed by atoms with E-state index in [1.165, 1.54) is 0 Å². The fourth-order valence-corrected chi connectivity index (χ4v) is 3.34. The third-order valence-electron chi connectivity index (χ3n) is 4.88. The zero-order chi connectivity index (χ0) is 21.1. The van der Waals surface area contributed by atoms with E-state index in [2.05, 4.69) is 9.93 Å². The van der Waals surface area contributed by atoms with Gasteiger partial charge in [0.1, 0.15) is 12.2 Å². The van der Waals surface area contributed by atoms with E-state index < -0.39 is 54.2 Å². The Balaban J connectivity index is 1.99. The van der Waals surface area contributed by atoms with Crippen molar-refractivity contribution >= 4 is 5.91 Å². The van der Waals surface area contributed by atoms with Crippen LogP contribution in [0.15, 0.2) is 46.1 Å². The fourth-order valence-electron chi connectivity index (χ4n) is 3.34. The minimum atomic E-state index is -1.61. The molecule has 0 saturated carbocycles. The molecule has 1 aromatic heterocycles. The second-order valence-corrected chi connectivity index (χ2v) is 6.68. The average molecular weight is 409 g/mol. The highest BCUT2D eigenvalue weighted by Gasteiger charge is 2.47. The van der Waals surface area contributed by atoms with Crippen LogP contribution in [0.3, 0.4) is 0 Å². The number of rotatable bonds is 7. The van der Waals surface area contributed by atoms with Crippen molar-refractivity contribution in [1.29, 1.82) is 0 Å². The molecule has 10 nitrogen and oxygen atoms in total. The summed E-state index contributed by atoms with van der Waals surface area (Å²) in [7, 11) is 0. The average Bonchev–Trinajstić information content (AvgIpc) is 3.03. The van der Waals surface area contributed by atoms with Crippen molar-refractivity contribution < 1.29 is 29.2 Å². The Labute approximate surface area is 163 Å². The Bertz CT molecular complexity index is 977. The van der Waals surface area contributed by atoms with Crippen LogP contribution in [-0.2, 0) is 20.9 Å². The first kappa shape index (κ1) is 20.9. The summed E-state index contributed by atoms with van der Waals surface area (Å²) < 4.78 is 19.1. The number of hydrogen-bond acceptors (Lipinski definition) is 7. The number of aliphatic hydroxyl groups excluding tert-OH is 2. The predicted molar refractivity (Wildman–Crippen MR) is 96.4 cm³/mol. The van der Waals surface area contributed by atoms with E-state index in [9.17, 15) is 29.1 Å².